The molecule has 0 saturated carbocycles. The van der Waals surface area contributed by atoms with Crippen molar-refractivity contribution in [3.63, 3.8) is 0 Å². The highest BCUT2D eigenvalue weighted by Gasteiger charge is 2.30. The highest BCUT2D eigenvalue weighted by molar-refractivity contribution is 6.30. The molecule has 7 nitrogen and oxygen atoms in total. The number of rotatable bonds is 7. The van der Waals surface area contributed by atoms with Gasteiger partial charge in [0, 0.05) is 43.3 Å². The third-order valence-electron chi connectivity index (χ3n) is 6.63. The summed E-state index contributed by atoms with van der Waals surface area (Å²) in [5, 5.41) is 3.77. The minimum Gasteiger partial charge on any atom is -0.497 e. The SMILES string of the molecule is COc1ccc(C(CNC(=O)C2CCCN(C(=O)c3ccc(Cl)cc3)C2)N2CCOCC2)cc1. The quantitative estimate of drug-likeness (QED) is 0.651. The summed E-state index contributed by atoms with van der Waals surface area (Å²) in [5.74, 6) is 0.534. The molecule has 2 fully saturated rings. The molecular weight excluding hydrogens is 454 g/mol. The number of hydrogen-bond acceptors (Lipinski definition) is 5. The lowest BCUT2D eigenvalue weighted by molar-refractivity contribution is -0.126. The maximum Gasteiger partial charge on any atom is 0.253 e. The summed E-state index contributed by atoms with van der Waals surface area (Å²) in [7, 11) is 1.65. The van der Waals surface area contributed by atoms with Crippen molar-refractivity contribution in [3.05, 3.63) is 64.7 Å². The van der Waals surface area contributed by atoms with Gasteiger partial charge in [-0.05, 0) is 54.8 Å². The number of carbonyl (C=O) groups is 2. The molecule has 2 unspecified atom stereocenters. The first kappa shape index (κ1) is 24.5. The van der Waals surface area contributed by atoms with E-state index in [4.69, 9.17) is 21.1 Å². The number of nitrogens with zero attached hydrogens (tertiary/aromatic N) is 2. The molecule has 2 atom stereocenters. The van der Waals surface area contributed by atoms with Gasteiger partial charge in [-0.1, -0.05) is 23.7 Å². The van der Waals surface area contributed by atoms with E-state index < -0.39 is 0 Å². The second kappa shape index (κ2) is 11.7. The molecule has 2 heterocycles. The second-order valence-electron chi connectivity index (χ2n) is 8.78. The number of likely N-dealkylation sites (tertiary alicyclic amines) is 1. The Kier molecular flexibility index (Phi) is 8.43. The molecular formula is C26H32ClN3O4. The van der Waals surface area contributed by atoms with Crippen LogP contribution in [0.1, 0.15) is 34.8 Å². The molecule has 2 saturated heterocycles. The predicted molar refractivity (Wildman–Crippen MR) is 131 cm³/mol. The van der Waals surface area contributed by atoms with Crippen molar-refractivity contribution in [1.82, 2.24) is 15.1 Å². The highest BCUT2D eigenvalue weighted by atomic mass is 35.5. The zero-order chi connectivity index (χ0) is 23.9. The Hall–Kier alpha value is -2.61. The lowest BCUT2D eigenvalue weighted by Gasteiger charge is -2.36. The number of nitrogens with one attached hydrogen (secondary N) is 1. The van der Waals surface area contributed by atoms with Crippen molar-refractivity contribution in [3.8, 4) is 5.75 Å². The number of hydrogen-bond donors (Lipinski definition) is 1. The molecule has 182 valence electrons. The first-order chi connectivity index (χ1) is 16.5. The number of ether oxygens (including phenoxy) is 2. The minimum atomic E-state index is -0.216. The van der Waals surface area contributed by atoms with Crippen LogP contribution in [-0.4, -0.2) is 74.7 Å². The van der Waals surface area contributed by atoms with Gasteiger partial charge < -0.3 is 19.7 Å². The average molecular weight is 486 g/mol. The van der Waals surface area contributed by atoms with Crippen molar-refractivity contribution < 1.29 is 19.1 Å². The third-order valence-corrected chi connectivity index (χ3v) is 6.88. The van der Waals surface area contributed by atoms with Crippen molar-refractivity contribution in [2.24, 2.45) is 5.92 Å². The number of carbonyl (C=O) groups excluding carboxylic acids is 2. The van der Waals surface area contributed by atoms with Crippen LogP contribution in [0.5, 0.6) is 5.75 Å². The van der Waals surface area contributed by atoms with Crippen LogP contribution in [0.2, 0.25) is 5.02 Å². The fourth-order valence-electron chi connectivity index (χ4n) is 4.67. The molecule has 2 aromatic carbocycles. The number of methoxy groups -OCH3 is 1. The van der Waals surface area contributed by atoms with Gasteiger partial charge in [-0.15, -0.1) is 0 Å². The van der Waals surface area contributed by atoms with Gasteiger partial charge in [-0.25, -0.2) is 0 Å². The molecule has 1 N–H and O–H groups in total. The van der Waals surface area contributed by atoms with Crippen LogP contribution >= 0.6 is 11.6 Å². The first-order valence-corrected chi connectivity index (χ1v) is 12.2. The number of morpholine rings is 1. The van der Waals surface area contributed by atoms with Gasteiger partial charge in [0.25, 0.3) is 5.91 Å². The molecule has 2 aliphatic rings. The number of halogens is 1. The first-order valence-electron chi connectivity index (χ1n) is 11.8. The van der Waals surface area contributed by atoms with Gasteiger partial charge in [0.15, 0.2) is 0 Å². The standard InChI is InChI=1S/C26H32ClN3O4/c1-33-23-10-6-19(7-11-23)24(29-13-15-34-16-14-29)17-28-25(31)21-3-2-12-30(18-21)26(32)20-4-8-22(27)9-5-20/h4-11,21,24H,2-3,12-18H2,1H3,(H,28,31). The van der Waals surface area contributed by atoms with Crippen LogP contribution in [0.25, 0.3) is 0 Å². The molecule has 0 spiro atoms. The average Bonchev–Trinajstić information content (AvgIpc) is 2.90. The smallest absolute Gasteiger partial charge is 0.253 e. The van der Waals surface area contributed by atoms with Crippen molar-refractivity contribution in [1.29, 1.82) is 0 Å². The van der Waals surface area contributed by atoms with E-state index in [0.717, 1.165) is 37.2 Å². The molecule has 8 heteroatoms. The Morgan fingerprint density at radius 2 is 1.79 bits per heavy atom. The molecule has 4 rings (SSSR count). The van der Waals surface area contributed by atoms with Crippen molar-refractivity contribution in [2.45, 2.75) is 18.9 Å². The number of piperidine rings is 1. The monoisotopic (exact) mass is 485 g/mol. The summed E-state index contributed by atoms with van der Waals surface area (Å²) in [6, 6.07) is 15.0. The van der Waals surface area contributed by atoms with Crippen molar-refractivity contribution in [2.75, 3.05) is 53.0 Å². The van der Waals surface area contributed by atoms with E-state index in [1.807, 2.05) is 12.1 Å². The van der Waals surface area contributed by atoms with Gasteiger partial charge in [0.2, 0.25) is 5.91 Å². The molecule has 0 aromatic heterocycles. The molecule has 0 bridgehead atoms. The predicted octanol–water partition coefficient (Wildman–Crippen LogP) is 3.39. The van der Waals surface area contributed by atoms with E-state index in [-0.39, 0.29) is 23.8 Å². The van der Waals surface area contributed by atoms with Crippen LogP contribution in [0.3, 0.4) is 0 Å². The molecule has 2 aromatic rings. The van der Waals surface area contributed by atoms with E-state index >= 15 is 0 Å². The number of amides is 2. The molecule has 2 aliphatic heterocycles. The Balaban J connectivity index is 1.39. The second-order valence-corrected chi connectivity index (χ2v) is 9.22. The maximum absolute atomic E-state index is 13.1. The molecule has 0 radical (unpaired) electrons. The lowest BCUT2D eigenvalue weighted by atomic mass is 9.96. The van der Waals surface area contributed by atoms with Gasteiger partial charge in [0.05, 0.1) is 32.3 Å². The molecule has 2 amide bonds. The summed E-state index contributed by atoms with van der Waals surface area (Å²) in [6.45, 7) is 4.60. The number of benzene rings is 2. The third kappa shape index (κ3) is 6.09. The van der Waals surface area contributed by atoms with Gasteiger partial charge in [-0.3, -0.25) is 14.5 Å². The van der Waals surface area contributed by atoms with Crippen LogP contribution in [0, 0.1) is 5.92 Å². The van der Waals surface area contributed by atoms with Crippen LogP contribution in [0.4, 0.5) is 0 Å². The van der Waals surface area contributed by atoms with Gasteiger partial charge in [0.1, 0.15) is 5.75 Å². The zero-order valence-electron chi connectivity index (χ0n) is 19.5. The van der Waals surface area contributed by atoms with Crippen LogP contribution in [0.15, 0.2) is 48.5 Å². The summed E-state index contributed by atoms with van der Waals surface area (Å²) in [6.07, 6.45) is 1.59. The minimum absolute atomic E-state index is 0.000349. The fraction of sp³-hybridized carbons (Fsp3) is 0.462. The zero-order valence-corrected chi connectivity index (χ0v) is 20.3. The van der Waals surface area contributed by atoms with Crippen LogP contribution in [-0.2, 0) is 9.53 Å². The van der Waals surface area contributed by atoms with Crippen LogP contribution < -0.4 is 10.1 Å². The van der Waals surface area contributed by atoms with Gasteiger partial charge in [-0.2, -0.15) is 0 Å². The highest BCUT2D eigenvalue weighted by Crippen LogP contribution is 2.25. The molecule has 34 heavy (non-hydrogen) atoms. The van der Waals surface area contributed by atoms with Gasteiger partial charge >= 0.3 is 0 Å². The maximum atomic E-state index is 13.1. The summed E-state index contributed by atoms with van der Waals surface area (Å²) < 4.78 is 10.8. The van der Waals surface area contributed by atoms with E-state index in [1.165, 1.54) is 0 Å². The normalized spacial score (nSPS) is 19.9. The Labute approximate surface area is 206 Å². The topological polar surface area (TPSA) is 71.1 Å². The summed E-state index contributed by atoms with van der Waals surface area (Å²) in [4.78, 5) is 30.2. The van der Waals surface area contributed by atoms with E-state index in [9.17, 15) is 9.59 Å². The van der Waals surface area contributed by atoms with E-state index in [0.29, 0.717) is 43.4 Å². The van der Waals surface area contributed by atoms with E-state index in [1.54, 1.807) is 36.3 Å². The summed E-state index contributed by atoms with van der Waals surface area (Å²) in [5.41, 5.74) is 1.73. The summed E-state index contributed by atoms with van der Waals surface area (Å²) >= 11 is 5.95. The Bertz CT molecular complexity index is 961. The lowest BCUT2D eigenvalue weighted by Crippen LogP contribution is -2.48. The molecule has 0 aliphatic carbocycles. The fourth-order valence-corrected chi connectivity index (χ4v) is 4.79. The van der Waals surface area contributed by atoms with Crippen molar-refractivity contribution >= 4 is 23.4 Å². The van der Waals surface area contributed by atoms with E-state index in [2.05, 4.69) is 22.3 Å². The largest absolute Gasteiger partial charge is 0.497 e. The Morgan fingerprint density at radius 3 is 2.47 bits per heavy atom. The Morgan fingerprint density at radius 1 is 1.09 bits per heavy atom.